The fourth-order valence-electron chi connectivity index (χ4n) is 4.08. The highest BCUT2D eigenvalue weighted by Gasteiger charge is 2.33. The summed E-state index contributed by atoms with van der Waals surface area (Å²) in [5, 5.41) is 1.80. The van der Waals surface area contributed by atoms with Crippen molar-refractivity contribution in [2.45, 2.75) is 46.8 Å². The van der Waals surface area contributed by atoms with Crippen LogP contribution >= 0.6 is 11.3 Å². The molecule has 6 nitrogen and oxygen atoms in total. The average molecular weight is 471 g/mol. The summed E-state index contributed by atoms with van der Waals surface area (Å²) in [6.45, 7) is 7.70. The van der Waals surface area contributed by atoms with Gasteiger partial charge in [-0.3, -0.25) is 9.59 Å². The van der Waals surface area contributed by atoms with Crippen LogP contribution in [-0.2, 0) is 17.8 Å². The van der Waals surface area contributed by atoms with Gasteiger partial charge in [0.1, 0.15) is 11.5 Å². The van der Waals surface area contributed by atoms with Gasteiger partial charge in [0.25, 0.3) is 5.91 Å². The van der Waals surface area contributed by atoms with Crippen LogP contribution in [0.15, 0.2) is 41.8 Å². The Morgan fingerprint density at radius 2 is 1.82 bits per heavy atom. The number of hydrogen-bond acceptors (Lipinski definition) is 5. The summed E-state index contributed by atoms with van der Waals surface area (Å²) in [6, 6.07) is 8.52. The van der Waals surface area contributed by atoms with Crippen LogP contribution in [0.2, 0.25) is 0 Å². The molecule has 0 saturated heterocycles. The minimum Gasteiger partial charge on any atom is -0.464 e. The molecule has 1 aromatic carbocycles. The molecular weight excluding hydrogens is 443 g/mol. The molecule has 1 amide bonds. The second-order valence-electron chi connectivity index (χ2n) is 7.75. The van der Waals surface area contributed by atoms with Crippen LogP contribution in [0.1, 0.15) is 61.2 Å². The van der Waals surface area contributed by atoms with Crippen molar-refractivity contribution in [2.75, 3.05) is 7.11 Å². The molecule has 0 aliphatic heterocycles. The van der Waals surface area contributed by atoms with Crippen molar-refractivity contribution in [3.05, 3.63) is 80.6 Å². The van der Waals surface area contributed by atoms with Crippen LogP contribution in [0, 0.1) is 19.7 Å². The van der Waals surface area contributed by atoms with Crippen LogP contribution < -0.4 is 0 Å². The second-order valence-corrected chi connectivity index (χ2v) is 8.69. The van der Waals surface area contributed by atoms with Gasteiger partial charge in [0.15, 0.2) is 5.78 Å². The number of rotatable bonds is 8. The number of Topliss-reactive ketones (excluding diaryl/α,β-unsaturated/α-hetero) is 1. The van der Waals surface area contributed by atoms with E-state index in [1.165, 1.54) is 35.5 Å². The molecule has 3 aromatic rings. The lowest BCUT2D eigenvalue weighted by Crippen LogP contribution is -2.43. The lowest BCUT2D eigenvalue weighted by atomic mass is 9.99. The lowest BCUT2D eigenvalue weighted by Gasteiger charge is -2.28. The summed E-state index contributed by atoms with van der Waals surface area (Å²) in [4.78, 5) is 41.4. The average Bonchev–Trinajstić information content (AvgIpc) is 3.43. The summed E-state index contributed by atoms with van der Waals surface area (Å²) >= 11 is 1.29. The Morgan fingerprint density at radius 3 is 2.36 bits per heavy atom. The molecule has 0 spiro atoms. The minimum atomic E-state index is -0.819. The number of benzene rings is 1. The number of hydrogen-bond donors (Lipinski definition) is 0. The van der Waals surface area contributed by atoms with Crippen LogP contribution in [0.4, 0.5) is 4.39 Å². The fraction of sp³-hybridized carbons (Fsp3) is 0.320. The van der Waals surface area contributed by atoms with Crippen LogP contribution in [-0.4, -0.2) is 40.3 Å². The van der Waals surface area contributed by atoms with E-state index in [1.807, 2.05) is 6.92 Å². The first-order valence-corrected chi connectivity index (χ1v) is 11.5. The van der Waals surface area contributed by atoms with Gasteiger partial charge >= 0.3 is 5.97 Å². The Hall–Kier alpha value is -3.26. The van der Waals surface area contributed by atoms with Gasteiger partial charge in [-0.2, -0.15) is 0 Å². The summed E-state index contributed by atoms with van der Waals surface area (Å²) < 4.78 is 20.1. The van der Waals surface area contributed by atoms with Gasteiger partial charge in [-0.15, -0.1) is 11.3 Å². The molecule has 2 aromatic heterocycles. The largest absolute Gasteiger partial charge is 0.464 e. The van der Waals surface area contributed by atoms with E-state index in [4.69, 9.17) is 4.74 Å². The minimum absolute atomic E-state index is 0.139. The maximum atomic E-state index is 13.7. The van der Waals surface area contributed by atoms with Crippen molar-refractivity contribution in [2.24, 2.45) is 0 Å². The van der Waals surface area contributed by atoms with Gasteiger partial charge in [0.05, 0.1) is 18.0 Å². The Morgan fingerprint density at radius 1 is 1.15 bits per heavy atom. The zero-order valence-corrected chi connectivity index (χ0v) is 20.2. The number of carbonyl (C=O) groups excluding carboxylic acids is 3. The van der Waals surface area contributed by atoms with E-state index in [0.717, 1.165) is 0 Å². The maximum absolute atomic E-state index is 13.7. The number of ether oxygens (including phenoxy) is 1. The predicted octanol–water partition coefficient (Wildman–Crippen LogP) is 5.03. The number of halogens is 1. The van der Waals surface area contributed by atoms with Crippen molar-refractivity contribution < 1.29 is 23.5 Å². The number of amides is 1. The lowest BCUT2D eigenvalue weighted by molar-refractivity contribution is 0.0586. The van der Waals surface area contributed by atoms with E-state index in [0.29, 0.717) is 39.5 Å². The third-order valence-corrected chi connectivity index (χ3v) is 6.67. The molecule has 0 N–H and O–H groups in total. The Kier molecular flexibility index (Phi) is 7.48. The quantitative estimate of drug-likeness (QED) is 0.342. The van der Waals surface area contributed by atoms with Gasteiger partial charge < -0.3 is 14.2 Å². The van der Waals surface area contributed by atoms with Crippen molar-refractivity contribution >= 4 is 29.0 Å². The molecule has 174 valence electrons. The third-order valence-electron chi connectivity index (χ3n) is 5.81. The standard InChI is InChI=1S/C25H27FN2O4S/c1-6-27-16(3)21(15(2)22(27)25(31)32-5)23(29)17(4)28(24(30)20-8-7-13-33-20)14-18-9-11-19(26)12-10-18/h7-13,17H,6,14H2,1-5H3/t17-/m0/s1. The highest BCUT2D eigenvalue weighted by molar-refractivity contribution is 7.12. The van der Waals surface area contributed by atoms with Gasteiger partial charge in [-0.05, 0) is 62.4 Å². The summed E-state index contributed by atoms with van der Waals surface area (Å²) in [6.07, 6.45) is 0. The molecule has 0 fully saturated rings. The highest BCUT2D eigenvalue weighted by Crippen LogP contribution is 2.27. The van der Waals surface area contributed by atoms with Gasteiger partial charge in [0, 0.05) is 24.3 Å². The molecule has 1 atom stereocenters. The second kappa shape index (κ2) is 10.1. The SMILES string of the molecule is CCn1c(C)c(C(=O)[C@H](C)N(Cc2ccc(F)cc2)C(=O)c2cccs2)c(C)c1C(=O)OC. The first kappa shape index (κ1) is 24.4. The van der Waals surface area contributed by atoms with Crippen molar-refractivity contribution in [3.8, 4) is 0 Å². The smallest absolute Gasteiger partial charge is 0.354 e. The van der Waals surface area contributed by atoms with Crippen LogP contribution in [0.3, 0.4) is 0 Å². The fourth-order valence-corrected chi connectivity index (χ4v) is 4.76. The number of aromatic nitrogens is 1. The molecule has 0 bridgehead atoms. The van der Waals surface area contributed by atoms with Crippen LogP contribution in [0.5, 0.6) is 0 Å². The number of thiophene rings is 1. The molecule has 0 aliphatic rings. The van der Waals surface area contributed by atoms with Crippen LogP contribution in [0.25, 0.3) is 0 Å². The maximum Gasteiger partial charge on any atom is 0.354 e. The normalized spacial score (nSPS) is 11.8. The van der Waals surface area contributed by atoms with Crippen molar-refractivity contribution in [1.29, 1.82) is 0 Å². The summed E-state index contributed by atoms with van der Waals surface area (Å²) in [7, 11) is 1.30. The molecule has 3 rings (SSSR count). The molecule has 0 unspecified atom stereocenters. The molecule has 8 heteroatoms. The van der Waals surface area contributed by atoms with E-state index in [-0.39, 0.29) is 24.1 Å². The zero-order chi connectivity index (χ0) is 24.3. The first-order chi connectivity index (χ1) is 15.7. The first-order valence-electron chi connectivity index (χ1n) is 10.6. The van der Waals surface area contributed by atoms with E-state index >= 15 is 0 Å². The van der Waals surface area contributed by atoms with E-state index < -0.39 is 12.0 Å². The zero-order valence-electron chi connectivity index (χ0n) is 19.3. The monoisotopic (exact) mass is 470 g/mol. The summed E-state index contributed by atoms with van der Waals surface area (Å²) in [5.74, 6) is -1.44. The van der Waals surface area contributed by atoms with E-state index in [9.17, 15) is 18.8 Å². The van der Waals surface area contributed by atoms with E-state index in [1.54, 1.807) is 55.0 Å². The Labute approximate surface area is 196 Å². The van der Waals surface area contributed by atoms with Gasteiger partial charge in [0.2, 0.25) is 0 Å². The number of esters is 1. The molecule has 2 heterocycles. The van der Waals surface area contributed by atoms with Crippen molar-refractivity contribution in [1.82, 2.24) is 9.47 Å². The number of ketones is 1. The molecule has 0 radical (unpaired) electrons. The number of carbonyl (C=O) groups is 3. The third kappa shape index (κ3) is 4.75. The topological polar surface area (TPSA) is 68.6 Å². The molecule has 0 aliphatic carbocycles. The molecule has 0 saturated carbocycles. The highest BCUT2D eigenvalue weighted by atomic mass is 32.1. The van der Waals surface area contributed by atoms with Crippen molar-refractivity contribution in [3.63, 3.8) is 0 Å². The number of methoxy groups -OCH3 is 1. The van der Waals surface area contributed by atoms with Gasteiger partial charge in [-0.25, -0.2) is 9.18 Å². The Balaban J connectivity index is 2.04. The number of nitrogens with zero attached hydrogens (tertiary/aromatic N) is 2. The molecular formula is C25H27FN2O4S. The van der Waals surface area contributed by atoms with Gasteiger partial charge in [-0.1, -0.05) is 18.2 Å². The van der Waals surface area contributed by atoms with E-state index in [2.05, 4.69) is 0 Å². The Bertz CT molecular complexity index is 1170. The summed E-state index contributed by atoms with van der Waals surface area (Å²) in [5.41, 5.74) is 2.63. The predicted molar refractivity (Wildman–Crippen MR) is 125 cm³/mol. The molecule has 33 heavy (non-hydrogen) atoms.